The molecule has 0 unspecified atom stereocenters. The second-order valence-electron chi connectivity index (χ2n) is 8.82. The van der Waals surface area contributed by atoms with Gasteiger partial charge in [0.25, 0.3) is 0 Å². The van der Waals surface area contributed by atoms with Crippen LogP contribution >= 0.6 is 0 Å². The average molecular weight is 486 g/mol. The van der Waals surface area contributed by atoms with Gasteiger partial charge in [-0.1, -0.05) is 30.3 Å². The van der Waals surface area contributed by atoms with Crippen molar-refractivity contribution in [3.05, 3.63) is 101 Å². The van der Waals surface area contributed by atoms with E-state index in [1.165, 1.54) is 36.4 Å². The second-order valence-corrected chi connectivity index (χ2v) is 8.82. The molecule has 184 valence electrons. The third-order valence-corrected chi connectivity index (χ3v) is 6.37. The third-order valence-electron chi connectivity index (χ3n) is 6.37. The zero-order chi connectivity index (χ0) is 24.8. The summed E-state index contributed by atoms with van der Waals surface area (Å²) in [6.45, 7) is 2.22. The van der Waals surface area contributed by atoms with Gasteiger partial charge in [-0.05, 0) is 73.5 Å². The maximum absolute atomic E-state index is 13.1. The van der Waals surface area contributed by atoms with Crippen molar-refractivity contribution in [3.63, 3.8) is 0 Å². The van der Waals surface area contributed by atoms with E-state index in [1.807, 2.05) is 30.3 Å². The van der Waals surface area contributed by atoms with Gasteiger partial charge in [-0.3, -0.25) is 4.79 Å². The van der Waals surface area contributed by atoms with Crippen molar-refractivity contribution in [2.45, 2.75) is 37.5 Å². The first kappa shape index (κ1) is 24.9. The Bertz CT molecular complexity index is 1100. The minimum atomic E-state index is -4.38. The average Bonchev–Trinajstić information content (AvgIpc) is 2.85. The van der Waals surface area contributed by atoms with Crippen LogP contribution in [0.3, 0.4) is 0 Å². The molecule has 1 aliphatic heterocycles. The lowest BCUT2D eigenvalue weighted by Crippen LogP contribution is -2.44. The number of carbonyl (C=O) groups is 1. The highest BCUT2D eigenvalue weighted by molar-refractivity contribution is 5.95. The van der Waals surface area contributed by atoms with Crippen LogP contribution in [0.1, 0.15) is 46.7 Å². The zero-order valence-electron chi connectivity index (χ0n) is 19.2. The summed E-state index contributed by atoms with van der Waals surface area (Å²) in [6, 6.07) is 20.4. The first-order valence-corrected chi connectivity index (χ1v) is 11.7. The van der Waals surface area contributed by atoms with Crippen LogP contribution in [0.4, 0.5) is 17.6 Å². The molecule has 0 amide bonds. The zero-order valence-corrected chi connectivity index (χ0v) is 19.2. The van der Waals surface area contributed by atoms with Gasteiger partial charge in [0, 0.05) is 31.0 Å². The fourth-order valence-corrected chi connectivity index (χ4v) is 4.50. The number of Topliss-reactive ketones (excluding diaryl/α,β-unsaturated/α-hetero) is 1. The quantitative estimate of drug-likeness (QED) is 0.261. The van der Waals surface area contributed by atoms with Gasteiger partial charge in [0.05, 0.1) is 5.56 Å². The maximum atomic E-state index is 13.1. The number of benzene rings is 3. The minimum Gasteiger partial charge on any atom is -0.490 e. The SMILES string of the molecule is O=C(CCCN1CC[C@H](Oc2ccc(C(F)(F)F)cc2)[C@@H](c2ccccc2)C1)c1ccc(F)cc1. The van der Waals surface area contributed by atoms with Gasteiger partial charge in [0.15, 0.2) is 5.78 Å². The fraction of sp³-hybridized carbons (Fsp3) is 0.321. The van der Waals surface area contributed by atoms with Crippen molar-refractivity contribution < 1.29 is 27.1 Å². The monoisotopic (exact) mass is 485 g/mol. The Morgan fingerprint density at radius 3 is 2.29 bits per heavy atom. The number of carbonyl (C=O) groups excluding carboxylic acids is 1. The Hall–Kier alpha value is -3.19. The van der Waals surface area contributed by atoms with E-state index >= 15 is 0 Å². The molecule has 0 radical (unpaired) electrons. The van der Waals surface area contributed by atoms with Crippen LogP contribution in [0.5, 0.6) is 5.75 Å². The van der Waals surface area contributed by atoms with Crippen LogP contribution in [0, 0.1) is 5.82 Å². The van der Waals surface area contributed by atoms with E-state index in [0.29, 0.717) is 30.6 Å². The lowest BCUT2D eigenvalue weighted by Gasteiger charge is -2.39. The molecule has 0 spiro atoms. The summed E-state index contributed by atoms with van der Waals surface area (Å²) in [4.78, 5) is 14.7. The predicted octanol–water partition coefficient (Wildman–Crippen LogP) is 6.74. The molecule has 1 saturated heterocycles. The van der Waals surface area contributed by atoms with Gasteiger partial charge >= 0.3 is 6.18 Å². The van der Waals surface area contributed by atoms with Crippen molar-refractivity contribution in [2.75, 3.05) is 19.6 Å². The van der Waals surface area contributed by atoms with E-state index in [0.717, 1.165) is 37.3 Å². The number of ketones is 1. The largest absolute Gasteiger partial charge is 0.490 e. The molecule has 0 N–H and O–H groups in total. The number of alkyl halides is 3. The lowest BCUT2D eigenvalue weighted by atomic mass is 9.87. The van der Waals surface area contributed by atoms with Gasteiger partial charge < -0.3 is 9.64 Å². The summed E-state index contributed by atoms with van der Waals surface area (Å²) < 4.78 is 57.9. The Morgan fingerprint density at radius 2 is 1.63 bits per heavy atom. The smallest absolute Gasteiger partial charge is 0.416 e. The van der Waals surface area contributed by atoms with E-state index < -0.39 is 11.7 Å². The molecule has 7 heteroatoms. The first-order chi connectivity index (χ1) is 16.8. The summed E-state index contributed by atoms with van der Waals surface area (Å²) in [5.74, 6) is 0.0855. The molecule has 3 nitrogen and oxygen atoms in total. The van der Waals surface area contributed by atoms with Crippen molar-refractivity contribution >= 4 is 5.78 Å². The Kier molecular flexibility index (Phi) is 7.86. The summed E-state index contributed by atoms with van der Waals surface area (Å²) in [7, 11) is 0. The molecule has 4 rings (SSSR count). The van der Waals surface area contributed by atoms with Crippen LogP contribution in [0.15, 0.2) is 78.9 Å². The number of nitrogens with zero attached hydrogens (tertiary/aromatic N) is 1. The van der Waals surface area contributed by atoms with Gasteiger partial charge in [-0.15, -0.1) is 0 Å². The Labute approximate surface area is 202 Å². The topological polar surface area (TPSA) is 29.5 Å². The molecule has 0 saturated carbocycles. The van der Waals surface area contributed by atoms with E-state index in [-0.39, 0.29) is 23.6 Å². The Morgan fingerprint density at radius 1 is 0.943 bits per heavy atom. The number of ether oxygens (including phenoxy) is 1. The number of rotatable bonds is 8. The summed E-state index contributed by atoms with van der Waals surface area (Å²) in [6.07, 6.45) is -2.78. The predicted molar refractivity (Wildman–Crippen MR) is 126 cm³/mol. The van der Waals surface area contributed by atoms with E-state index in [9.17, 15) is 22.4 Å². The first-order valence-electron chi connectivity index (χ1n) is 11.7. The van der Waals surface area contributed by atoms with Gasteiger partial charge in [-0.25, -0.2) is 4.39 Å². The molecule has 0 aliphatic carbocycles. The molecule has 3 aromatic carbocycles. The normalized spacial score (nSPS) is 18.9. The number of hydrogen-bond donors (Lipinski definition) is 0. The highest BCUT2D eigenvalue weighted by Gasteiger charge is 2.33. The number of piperidine rings is 1. The molecule has 3 aromatic rings. The van der Waals surface area contributed by atoms with Gasteiger partial charge in [0.1, 0.15) is 17.7 Å². The molecule has 1 fully saturated rings. The van der Waals surface area contributed by atoms with Crippen LogP contribution < -0.4 is 4.74 Å². The van der Waals surface area contributed by atoms with Crippen LogP contribution in [-0.2, 0) is 6.18 Å². The number of halogens is 4. The molecule has 35 heavy (non-hydrogen) atoms. The summed E-state index contributed by atoms with van der Waals surface area (Å²) >= 11 is 0. The molecule has 0 aromatic heterocycles. The summed E-state index contributed by atoms with van der Waals surface area (Å²) in [5, 5.41) is 0. The van der Waals surface area contributed by atoms with Gasteiger partial charge in [0.2, 0.25) is 0 Å². The van der Waals surface area contributed by atoms with Crippen molar-refractivity contribution in [3.8, 4) is 5.75 Å². The van der Waals surface area contributed by atoms with E-state index in [1.54, 1.807) is 0 Å². The highest BCUT2D eigenvalue weighted by Crippen LogP contribution is 2.33. The Balaban J connectivity index is 1.38. The van der Waals surface area contributed by atoms with Crippen LogP contribution in [-0.4, -0.2) is 36.4 Å². The highest BCUT2D eigenvalue weighted by atomic mass is 19.4. The third kappa shape index (κ3) is 6.69. The van der Waals surface area contributed by atoms with Crippen molar-refractivity contribution in [1.82, 2.24) is 4.90 Å². The standard InChI is InChI=1S/C28H27F4NO2/c29-23-12-8-21(9-13-23)26(34)7-4-17-33-18-16-27(25(19-33)20-5-2-1-3-6-20)35-24-14-10-22(11-15-24)28(30,31)32/h1-3,5-6,8-15,25,27H,4,7,16-19H2/t25-,27+/m1/s1. The lowest BCUT2D eigenvalue weighted by molar-refractivity contribution is -0.137. The van der Waals surface area contributed by atoms with Crippen LogP contribution in [0.25, 0.3) is 0 Å². The minimum absolute atomic E-state index is 0.00914. The van der Waals surface area contributed by atoms with E-state index in [4.69, 9.17) is 4.74 Å². The van der Waals surface area contributed by atoms with E-state index in [2.05, 4.69) is 4.90 Å². The molecule has 0 bridgehead atoms. The molecular formula is C28H27F4NO2. The fourth-order valence-electron chi connectivity index (χ4n) is 4.50. The maximum Gasteiger partial charge on any atom is 0.416 e. The van der Waals surface area contributed by atoms with Crippen molar-refractivity contribution in [1.29, 1.82) is 0 Å². The molecule has 2 atom stereocenters. The number of likely N-dealkylation sites (tertiary alicyclic amines) is 1. The molecule has 1 aliphatic rings. The molecule has 1 heterocycles. The summed E-state index contributed by atoms with van der Waals surface area (Å²) in [5.41, 5.74) is 0.920. The second kappa shape index (κ2) is 11.0. The van der Waals surface area contributed by atoms with Crippen LogP contribution in [0.2, 0.25) is 0 Å². The molecular weight excluding hydrogens is 458 g/mol. The number of hydrogen-bond acceptors (Lipinski definition) is 3. The van der Waals surface area contributed by atoms with Crippen molar-refractivity contribution in [2.24, 2.45) is 0 Å². The van der Waals surface area contributed by atoms with Gasteiger partial charge in [-0.2, -0.15) is 13.2 Å².